The molecule has 0 fully saturated rings. The van der Waals surface area contributed by atoms with Crippen LogP contribution < -0.4 is 10.5 Å². The number of hydrogen-bond donors (Lipinski definition) is 2. The van der Waals surface area contributed by atoms with Crippen molar-refractivity contribution >= 4 is 21.8 Å². The standard InChI is InChI=1S/C13H22N2O2S2/c1-18-9-4-2-3-8-15-19(16,17)13-7-5-6-12(10-13)11-14/h5-7,10,15H,2-4,8-9,11,14H2,1H3. The van der Waals surface area contributed by atoms with Gasteiger partial charge in [-0.05, 0) is 42.5 Å². The van der Waals surface area contributed by atoms with Gasteiger partial charge in [0.15, 0.2) is 0 Å². The maximum Gasteiger partial charge on any atom is 0.240 e. The molecular weight excluding hydrogens is 280 g/mol. The molecule has 0 unspecified atom stereocenters. The van der Waals surface area contributed by atoms with Crippen LogP contribution in [0.5, 0.6) is 0 Å². The molecule has 0 aromatic heterocycles. The second-order valence-electron chi connectivity index (χ2n) is 4.30. The summed E-state index contributed by atoms with van der Waals surface area (Å²) in [4.78, 5) is 0.291. The van der Waals surface area contributed by atoms with Crippen molar-refractivity contribution in [1.82, 2.24) is 4.72 Å². The Kier molecular flexibility index (Phi) is 7.45. The fourth-order valence-corrected chi connectivity index (χ4v) is 3.31. The van der Waals surface area contributed by atoms with Crippen LogP contribution >= 0.6 is 11.8 Å². The third-order valence-corrected chi connectivity index (χ3v) is 4.92. The highest BCUT2D eigenvalue weighted by molar-refractivity contribution is 7.98. The topological polar surface area (TPSA) is 72.2 Å². The van der Waals surface area contributed by atoms with Gasteiger partial charge in [-0.3, -0.25) is 0 Å². The van der Waals surface area contributed by atoms with E-state index in [0.717, 1.165) is 30.6 Å². The molecule has 0 saturated heterocycles. The number of sulfonamides is 1. The van der Waals surface area contributed by atoms with Crippen LogP contribution in [0.3, 0.4) is 0 Å². The molecule has 0 amide bonds. The van der Waals surface area contributed by atoms with E-state index in [1.165, 1.54) is 0 Å². The summed E-state index contributed by atoms with van der Waals surface area (Å²) >= 11 is 1.82. The van der Waals surface area contributed by atoms with Gasteiger partial charge in [-0.1, -0.05) is 18.6 Å². The Bertz CT molecular complexity index is 475. The van der Waals surface area contributed by atoms with E-state index in [0.29, 0.717) is 18.0 Å². The van der Waals surface area contributed by atoms with Gasteiger partial charge < -0.3 is 5.73 Å². The van der Waals surface area contributed by atoms with Crippen LogP contribution in [-0.2, 0) is 16.6 Å². The molecule has 1 aromatic rings. The van der Waals surface area contributed by atoms with E-state index >= 15 is 0 Å². The Morgan fingerprint density at radius 2 is 2.05 bits per heavy atom. The molecule has 3 N–H and O–H groups in total. The largest absolute Gasteiger partial charge is 0.326 e. The smallest absolute Gasteiger partial charge is 0.240 e. The monoisotopic (exact) mass is 302 g/mol. The van der Waals surface area contributed by atoms with Crippen molar-refractivity contribution in [1.29, 1.82) is 0 Å². The Labute approximate surface area is 120 Å². The van der Waals surface area contributed by atoms with Gasteiger partial charge in [-0.15, -0.1) is 0 Å². The maximum atomic E-state index is 12.0. The fraction of sp³-hybridized carbons (Fsp3) is 0.538. The zero-order valence-electron chi connectivity index (χ0n) is 11.3. The molecule has 0 aliphatic carbocycles. The summed E-state index contributed by atoms with van der Waals surface area (Å²) in [6.45, 7) is 0.835. The van der Waals surface area contributed by atoms with Crippen LogP contribution in [0.25, 0.3) is 0 Å². The summed E-state index contributed by atoms with van der Waals surface area (Å²) in [5.41, 5.74) is 6.34. The Balaban J connectivity index is 2.46. The second-order valence-corrected chi connectivity index (χ2v) is 7.06. The molecule has 19 heavy (non-hydrogen) atoms. The number of thioether (sulfide) groups is 1. The molecule has 0 atom stereocenters. The summed E-state index contributed by atoms with van der Waals surface area (Å²) < 4.78 is 26.7. The maximum absolute atomic E-state index is 12.0. The lowest BCUT2D eigenvalue weighted by Gasteiger charge is -2.07. The Morgan fingerprint density at radius 3 is 2.74 bits per heavy atom. The third-order valence-electron chi connectivity index (χ3n) is 2.76. The fourth-order valence-electron chi connectivity index (χ4n) is 1.68. The van der Waals surface area contributed by atoms with Gasteiger partial charge in [0.1, 0.15) is 0 Å². The van der Waals surface area contributed by atoms with Crippen LogP contribution in [0.1, 0.15) is 24.8 Å². The van der Waals surface area contributed by atoms with Gasteiger partial charge in [-0.25, -0.2) is 13.1 Å². The molecule has 0 aliphatic rings. The van der Waals surface area contributed by atoms with Crippen LogP contribution in [-0.4, -0.2) is 27.0 Å². The highest BCUT2D eigenvalue weighted by Crippen LogP contribution is 2.11. The predicted molar refractivity (Wildman–Crippen MR) is 81.8 cm³/mol. The minimum Gasteiger partial charge on any atom is -0.326 e. The first-order chi connectivity index (χ1) is 9.10. The normalized spacial score (nSPS) is 11.7. The van der Waals surface area contributed by atoms with Crippen LogP contribution in [0, 0.1) is 0 Å². The van der Waals surface area contributed by atoms with Crippen molar-refractivity contribution in [3.63, 3.8) is 0 Å². The van der Waals surface area contributed by atoms with E-state index < -0.39 is 10.0 Å². The molecular formula is C13H22N2O2S2. The van der Waals surface area contributed by atoms with Crippen LogP contribution in [0.4, 0.5) is 0 Å². The molecule has 0 aliphatic heterocycles. The van der Waals surface area contributed by atoms with Crippen molar-refractivity contribution in [2.24, 2.45) is 5.73 Å². The van der Waals surface area contributed by atoms with E-state index in [2.05, 4.69) is 11.0 Å². The lowest BCUT2D eigenvalue weighted by molar-refractivity contribution is 0.576. The Hall–Kier alpha value is -0.560. The number of nitrogens with one attached hydrogen (secondary N) is 1. The van der Waals surface area contributed by atoms with Gasteiger partial charge in [0.25, 0.3) is 0 Å². The second kappa shape index (κ2) is 8.58. The summed E-state index contributed by atoms with van der Waals surface area (Å²) in [7, 11) is -3.40. The summed E-state index contributed by atoms with van der Waals surface area (Å²) in [6, 6.07) is 6.75. The first kappa shape index (κ1) is 16.5. The van der Waals surface area contributed by atoms with Gasteiger partial charge >= 0.3 is 0 Å². The van der Waals surface area contributed by atoms with Gasteiger partial charge in [0, 0.05) is 13.1 Å². The van der Waals surface area contributed by atoms with Crippen molar-refractivity contribution in [2.75, 3.05) is 18.6 Å². The van der Waals surface area contributed by atoms with Gasteiger partial charge in [0.05, 0.1) is 4.90 Å². The summed E-state index contributed by atoms with van der Waals surface area (Å²) in [6.07, 6.45) is 5.13. The van der Waals surface area contributed by atoms with E-state index in [4.69, 9.17) is 5.73 Å². The average molecular weight is 302 g/mol. The quantitative estimate of drug-likeness (QED) is 0.684. The molecule has 0 spiro atoms. The van der Waals surface area contributed by atoms with E-state index in [9.17, 15) is 8.42 Å². The molecule has 0 bridgehead atoms. The SMILES string of the molecule is CSCCCCCNS(=O)(=O)c1cccc(CN)c1. The summed E-state index contributed by atoms with van der Waals surface area (Å²) in [5.74, 6) is 1.13. The first-order valence-corrected chi connectivity index (χ1v) is 9.25. The number of unbranched alkanes of at least 4 members (excludes halogenated alkanes) is 2. The van der Waals surface area contributed by atoms with Crippen LogP contribution in [0.2, 0.25) is 0 Å². The first-order valence-electron chi connectivity index (χ1n) is 6.38. The van der Waals surface area contributed by atoms with E-state index in [1.54, 1.807) is 18.2 Å². The number of rotatable bonds is 9. The third kappa shape index (κ3) is 5.95. The highest BCUT2D eigenvalue weighted by atomic mass is 32.2. The molecule has 0 radical (unpaired) electrons. The van der Waals surface area contributed by atoms with E-state index in [1.807, 2.05) is 17.8 Å². The van der Waals surface area contributed by atoms with Crippen LogP contribution in [0.15, 0.2) is 29.2 Å². The number of benzene rings is 1. The van der Waals surface area contributed by atoms with Crippen molar-refractivity contribution in [3.05, 3.63) is 29.8 Å². The molecule has 4 nitrogen and oxygen atoms in total. The van der Waals surface area contributed by atoms with Crippen molar-refractivity contribution in [2.45, 2.75) is 30.7 Å². The minimum absolute atomic E-state index is 0.291. The van der Waals surface area contributed by atoms with Crippen molar-refractivity contribution in [3.8, 4) is 0 Å². The molecule has 0 saturated carbocycles. The Morgan fingerprint density at radius 1 is 1.26 bits per heavy atom. The zero-order valence-corrected chi connectivity index (χ0v) is 12.9. The molecule has 1 rings (SSSR count). The van der Waals surface area contributed by atoms with Gasteiger partial charge in [-0.2, -0.15) is 11.8 Å². The lowest BCUT2D eigenvalue weighted by atomic mass is 10.2. The average Bonchev–Trinajstić information content (AvgIpc) is 2.43. The van der Waals surface area contributed by atoms with Gasteiger partial charge in [0.2, 0.25) is 10.0 Å². The molecule has 6 heteroatoms. The minimum atomic E-state index is -3.40. The molecule has 0 heterocycles. The lowest BCUT2D eigenvalue weighted by Crippen LogP contribution is -2.25. The zero-order chi connectivity index (χ0) is 14.1. The molecule has 1 aromatic carbocycles. The summed E-state index contributed by atoms with van der Waals surface area (Å²) in [5, 5.41) is 0. The molecule has 108 valence electrons. The number of nitrogens with two attached hydrogens (primary N) is 1. The predicted octanol–water partition coefficient (Wildman–Crippen LogP) is 1.96. The van der Waals surface area contributed by atoms with E-state index in [-0.39, 0.29) is 0 Å². The highest BCUT2D eigenvalue weighted by Gasteiger charge is 2.13. The number of hydrogen-bond acceptors (Lipinski definition) is 4. The van der Waals surface area contributed by atoms with Crippen molar-refractivity contribution < 1.29 is 8.42 Å².